The molecule has 1 aliphatic rings. The molecule has 28 heavy (non-hydrogen) atoms. The van der Waals surface area contributed by atoms with Crippen LogP contribution in [0, 0.1) is 6.92 Å². The molecule has 0 unspecified atom stereocenters. The van der Waals surface area contributed by atoms with Crippen molar-refractivity contribution in [1.82, 2.24) is 9.97 Å². The summed E-state index contributed by atoms with van der Waals surface area (Å²) < 4.78 is 22.0. The molecule has 1 aliphatic heterocycles. The number of morpholine rings is 1. The van der Waals surface area contributed by atoms with Gasteiger partial charge in [-0.15, -0.1) is 0 Å². The molecule has 1 fully saturated rings. The minimum Gasteiger partial charge on any atom is -0.377 e. The van der Waals surface area contributed by atoms with Gasteiger partial charge in [0.05, 0.1) is 19.3 Å². The number of rotatable bonds is 4. The molecule has 0 saturated carbocycles. The Hall–Kier alpha value is -2.52. The summed E-state index contributed by atoms with van der Waals surface area (Å²) in [6, 6.07) is 7.14. The van der Waals surface area contributed by atoms with Crippen LogP contribution >= 0.6 is 0 Å². The fourth-order valence-electron chi connectivity index (χ4n) is 3.09. The van der Waals surface area contributed by atoms with Crippen LogP contribution in [0.15, 0.2) is 28.6 Å². The smallest absolute Gasteiger partial charge is 0.248 e. The van der Waals surface area contributed by atoms with Gasteiger partial charge in [-0.1, -0.05) is 0 Å². The first-order chi connectivity index (χ1) is 13.1. The third-order valence-corrected chi connectivity index (χ3v) is 4.92. The number of primary amides is 1. The highest BCUT2D eigenvalue weighted by Crippen LogP contribution is 2.28. The van der Waals surface area contributed by atoms with Gasteiger partial charge in [-0.3, -0.25) is 4.79 Å². The SMILES string of the molecule is Cc1cc(C(N)=O)cc(-c2nc(N=S(C)(C)=O)cc(N3CCOC[C@H]3C)n2)c1. The highest BCUT2D eigenvalue weighted by Gasteiger charge is 2.22. The Morgan fingerprint density at radius 3 is 2.68 bits per heavy atom. The summed E-state index contributed by atoms with van der Waals surface area (Å²) in [6.45, 7) is 5.81. The number of nitrogens with two attached hydrogens (primary N) is 1. The standard InChI is InChI=1S/C19H25N5O3S/c1-12-7-14(18(20)25)9-15(8-12)19-21-16(23-28(3,4)26)10-17(22-19)24-5-6-27-11-13(24)2/h7-10,13H,5-6,11H2,1-4H3,(H2,20,25)/t13-/m1/s1. The van der Waals surface area contributed by atoms with E-state index in [0.717, 1.165) is 5.56 Å². The summed E-state index contributed by atoms with van der Waals surface area (Å²) in [6.07, 6.45) is 3.12. The Bertz CT molecular complexity index is 1020. The molecule has 0 bridgehead atoms. The highest BCUT2D eigenvalue weighted by atomic mass is 32.2. The molecule has 0 spiro atoms. The van der Waals surface area contributed by atoms with Crippen molar-refractivity contribution in [2.45, 2.75) is 19.9 Å². The van der Waals surface area contributed by atoms with Gasteiger partial charge in [0.2, 0.25) is 5.91 Å². The van der Waals surface area contributed by atoms with E-state index in [1.165, 1.54) is 0 Å². The van der Waals surface area contributed by atoms with Gasteiger partial charge in [0.15, 0.2) is 11.6 Å². The number of benzene rings is 1. The van der Waals surface area contributed by atoms with E-state index in [9.17, 15) is 9.00 Å². The summed E-state index contributed by atoms with van der Waals surface area (Å²) in [5.74, 6) is 0.920. The number of aromatic nitrogens is 2. The number of ether oxygens (including phenoxy) is 1. The summed E-state index contributed by atoms with van der Waals surface area (Å²) in [4.78, 5) is 23.0. The van der Waals surface area contributed by atoms with E-state index in [0.29, 0.717) is 48.3 Å². The fourth-order valence-corrected chi connectivity index (χ4v) is 3.64. The lowest BCUT2D eigenvalue weighted by Crippen LogP contribution is -2.44. The first-order valence-electron chi connectivity index (χ1n) is 8.95. The summed E-state index contributed by atoms with van der Waals surface area (Å²) >= 11 is 0. The van der Waals surface area contributed by atoms with Gasteiger partial charge in [-0.2, -0.15) is 4.36 Å². The third kappa shape index (κ3) is 4.85. The number of hydrogen-bond donors (Lipinski definition) is 1. The number of carbonyl (C=O) groups is 1. The third-order valence-electron chi connectivity index (χ3n) is 4.29. The van der Waals surface area contributed by atoms with Crippen LogP contribution in [-0.2, 0) is 14.5 Å². The highest BCUT2D eigenvalue weighted by molar-refractivity contribution is 7.92. The van der Waals surface area contributed by atoms with Crippen molar-refractivity contribution in [3.05, 3.63) is 35.4 Å². The van der Waals surface area contributed by atoms with Crippen LogP contribution in [0.5, 0.6) is 0 Å². The van der Waals surface area contributed by atoms with Crippen molar-refractivity contribution >= 4 is 27.3 Å². The zero-order valence-corrected chi connectivity index (χ0v) is 17.3. The monoisotopic (exact) mass is 403 g/mol. The number of amides is 1. The average molecular weight is 404 g/mol. The topological polar surface area (TPSA) is 111 Å². The summed E-state index contributed by atoms with van der Waals surface area (Å²) in [7, 11) is -2.40. The van der Waals surface area contributed by atoms with E-state index < -0.39 is 15.6 Å². The first-order valence-corrected chi connectivity index (χ1v) is 11.3. The lowest BCUT2D eigenvalue weighted by Gasteiger charge is -2.34. The van der Waals surface area contributed by atoms with Crippen LogP contribution in [0.2, 0.25) is 0 Å². The molecule has 2 aromatic rings. The van der Waals surface area contributed by atoms with Crippen LogP contribution in [-0.4, -0.2) is 58.4 Å². The Morgan fingerprint density at radius 1 is 1.29 bits per heavy atom. The zero-order valence-electron chi connectivity index (χ0n) is 16.5. The molecule has 150 valence electrons. The second-order valence-electron chi connectivity index (χ2n) is 7.25. The zero-order chi connectivity index (χ0) is 20.5. The molecule has 1 saturated heterocycles. The Kier molecular flexibility index (Phi) is 5.66. The van der Waals surface area contributed by atoms with Crippen molar-refractivity contribution in [1.29, 1.82) is 0 Å². The predicted molar refractivity (Wildman–Crippen MR) is 110 cm³/mol. The molecule has 1 amide bonds. The number of aryl methyl sites for hydroxylation is 1. The normalized spacial score (nSPS) is 17.4. The summed E-state index contributed by atoms with van der Waals surface area (Å²) in [5.41, 5.74) is 7.36. The Morgan fingerprint density at radius 2 is 2.04 bits per heavy atom. The lowest BCUT2D eigenvalue weighted by atomic mass is 10.1. The molecule has 1 aromatic heterocycles. The number of hydrogen-bond acceptors (Lipinski definition) is 7. The van der Waals surface area contributed by atoms with Gasteiger partial charge in [0.25, 0.3) is 0 Å². The summed E-state index contributed by atoms with van der Waals surface area (Å²) in [5, 5.41) is 0. The van der Waals surface area contributed by atoms with Gasteiger partial charge in [0, 0.05) is 46.0 Å². The molecule has 0 aliphatic carbocycles. The first kappa shape index (κ1) is 20.2. The predicted octanol–water partition coefficient (Wildman–Crippen LogP) is 2.14. The lowest BCUT2D eigenvalue weighted by molar-refractivity contribution is 0.0985. The Labute approximate surface area is 165 Å². The molecule has 3 rings (SSSR count). The van der Waals surface area contributed by atoms with Crippen LogP contribution in [0.1, 0.15) is 22.8 Å². The van der Waals surface area contributed by atoms with E-state index >= 15 is 0 Å². The molecular weight excluding hydrogens is 378 g/mol. The largest absolute Gasteiger partial charge is 0.377 e. The van der Waals surface area contributed by atoms with Crippen molar-refractivity contribution in [3.63, 3.8) is 0 Å². The second kappa shape index (κ2) is 7.84. The van der Waals surface area contributed by atoms with Crippen molar-refractivity contribution in [2.24, 2.45) is 10.1 Å². The average Bonchev–Trinajstić information content (AvgIpc) is 2.59. The second-order valence-corrected chi connectivity index (χ2v) is 9.79. The maximum absolute atomic E-state index is 12.2. The molecule has 9 heteroatoms. The number of anilines is 1. The van der Waals surface area contributed by atoms with Crippen LogP contribution in [0.3, 0.4) is 0 Å². The quantitative estimate of drug-likeness (QED) is 0.837. The van der Waals surface area contributed by atoms with E-state index in [1.54, 1.807) is 30.7 Å². The number of carbonyl (C=O) groups excluding carboxylic acids is 1. The van der Waals surface area contributed by atoms with Crippen LogP contribution in [0.4, 0.5) is 11.6 Å². The van der Waals surface area contributed by atoms with Crippen LogP contribution in [0.25, 0.3) is 11.4 Å². The molecule has 0 radical (unpaired) electrons. The number of nitrogens with zero attached hydrogens (tertiary/aromatic N) is 4. The van der Waals surface area contributed by atoms with E-state index in [4.69, 9.17) is 15.5 Å². The maximum Gasteiger partial charge on any atom is 0.248 e. The van der Waals surface area contributed by atoms with E-state index in [2.05, 4.69) is 21.2 Å². The molecule has 2 N–H and O–H groups in total. The molecular formula is C19H25N5O3S. The molecule has 2 heterocycles. The van der Waals surface area contributed by atoms with E-state index in [-0.39, 0.29) is 6.04 Å². The van der Waals surface area contributed by atoms with Crippen molar-refractivity contribution in [3.8, 4) is 11.4 Å². The minimum atomic E-state index is -2.40. The fraction of sp³-hybridized carbons (Fsp3) is 0.421. The van der Waals surface area contributed by atoms with Gasteiger partial charge >= 0.3 is 0 Å². The van der Waals surface area contributed by atoms with Crippen molar-refractivity contribution in [2.75, 3.05) is 37.2 Å². The maximum atomic E-state index is 12.2. The van der Waals surface area contributed by atoms with Crippen LogP contribution < -0.4 is 10.6 Å². The van der Waals surface area contributed by atoms with Crippen molar-refractivity contribution < 1.29 is 13.7 Å². The van der Waals surface area contributed by atoms with Gasteiger partial charge in [-0.25, -0.2) is 14.2 Å². The molecule has 1 aromatic carbocycles. The van der Waals surface area contributed by atoms with Gasteiger partial charge < -0.3 is 15.4 Å². The van der Waals surface area contributed by atoms with E-state index in [1.807, 2.05) is 13.0 Å². The molecule has 1 atom stereocenters. The van der Waals surface area contributed by atoms with Gasteiger partial charge in [0.1, 0.15) is 5.82 Å². The molecule has 8 nitrogen and oxygen atoms in total. The Balaban J connectivity index is 2.18. The minimum absolute atomic E-state index is 0.135. The van der Waals surface area contributed by atoms with Gasteiger partial charge in [-0.05, 0) is 37.6 Å².